The van der Waals surface area contributed by atoms with Crippen LogP contribution in [0.25, 0.3) is 21.5 Å². The Balaban J connectivity index is 2.13. The molecular formula is C16H15N3O2. The predicted octanol–water partition coefficient (Wildman–Crippen LogP) is 2.06. The highest BCUT2D eigenvalue weighted by atomic mass is 17.0. The summed E-state index contributed by atoms with van der Waals surface area (Å²) in [5.74, 6) is -0.146. The average Bonchev–Trinajstić information content (AvgIpc) is 2.51. The van der Waals surface area contributed by atoms with Gasteiger partial charge in [0.15, 0.2) is 0 Å². The van der Waals surface area contributed by atoms with Crippen molar-refractivity contribution in [3.63, 3.8) is 0 Å². The van der Waals surface area contributed by atoms with E-state index >= 15 is 0 Å². The molecule has 0 saturated carbocycles. The lowest BCUT2D eigenvalue weighted by molar-refractivity contribution is -1.01. The molecule has 0 aliphatic heterocycles. The highest BCUT2D eigenvalue weighted by molar-refractivity contribution is 6.10. The van der Waals surface area contributed by atoms with E-state index in [1.54, 1.807) is 0 Å². The van der Waals surface area contributed by atoms with E-state index < -0.39 is 5.23 Å². The zero-order valence-electron chi connectivity index (χ0n) is 11.3. The Kier molecular flexibility index (Phi) is 3.45. The number of benzene rings is 3. The topological polar surface area (TPSA) is 74.8 Å². The van der Waals surface area contributed by atoms with Crippen molar-refractivity contribution in [2.24, 2.45) is 5.73 Å². The number of fused-ring (bicyclic) bond motifs is 2. The van der Waals surface area contributed by atoms with Crippen LogP contribution in [-0.4, -0.2) is 0 Å². The first-order chi connectivity index (χ1) is 10.2. The van der Waals surface area contributed by atoms with Crippen LogP contribution in [-0.2, 0) is 4.94 Å². The average molecular weight is 281 g/mol. The van der Waals surface area contributed by atoms with Gasteiger partial charge in [0.2, 0.25) is 5.82 Å². The second kappa shape index (κ2) is 5.41. The highest BCUT2D eigenvalue weighted by Gasteiger charge is 2.09. The number of anilines is 1. The van der Waals surface area contributed by atoms with Crippen molar-refractivity contribution in [2.75, 3.05) is 5.48 Å². The molecule has 4 N–H and O–H groups in total. The summed E-state index contributed by atoms with van der Waals surface area (Å²) in [5, 5.41) is 14.8. The lowest BCUT2D eigenvalue weighted by atomic mass is 10.0. The third-order valence-corrected chi connectivity index (χ3v) is 3.28. The van der Waals surface area contributed by atoms with Crippen LogP contribution in [0, 0.1) is 5.21 Å². The second-order valence-electron chi connectivity index (χ2n) is 4.71. The zero-order valence-corrected chi connectivity index (χ0v) is 11.3. The minimum Gasteiger partial charge on any atom is -0.592 e. The highest BCUT2D eigenvalue weighted by Crippen LogP contribution is 2.32. The Hall–Kier alpha value is -2.60. The van der Waals surface area contributed by atoms with Crippen LogP contribution in [0.1, 0.15) is 0 Å². The fraction of sp³-hybridized carbons (Fsp3) is 0. The molecule has 3 aromatic carbocycles. The fourth-order valence-electron chi connectivity index (χ4n) is 2.29. The molecule has 21 heavy (non-hydrogen) atoms. The quantitative estimate of drug-likeness (QED) is 0.505. The second-order valence-corrected chi connectivity index (χ2v) is 4.71. The van der Waals surface area contributed by atoms with Crippen molar-refractivity contribution >= 4 is 27.2 Å². The van der Waals surface area contributed by atoms with Gasteiger partial charge in [0.1, 0.15) is 0 Å². The largest absolute Gasteiger partial charge is 0.592 e. The molecule has 0 aliphatic rings. The Morgan fingerprint density at radius 2 is 1.57 bits per heavy atom. The van der Waals surface area contributed by atoms with E-state index in [0.29, 0.717) is 0 Å². The number of nitrogens with one attached hydrogen (secondary N) is 2. The van der Waals surface area contributed by atoms with E-state index in [2.05, 4.69) is 18.1 Å². The van der Waals surface area contributed by atoms with Crippen molar-refractivity contribution in [1.82, 2.24) is 0 Å². The summed E-state index contributed by atoms with van der Waals surface area (Å²) in [6.45, 7) is 3.36. The van der Waals surface area contributed by atoms with Crippen molar-refractivity contribution in [1.29, 1.82) is 0 Å². The minimum absolute atomic E-state index is 0.146. The maximum absolute atomic E-state index is 11.5. The van der Waals surface area contributed by atoms with Gasteiger partial charge in [-0.2, -0.15) is 5.23 Å². The Bertz CT molecular complexity index is 763. The molecule has 0 amide bonds. The van der Waals surface area contributed by atoms with E-state index in [1.807, 2.05) is 48.5 Å². The molecule has 5 nitrogen and oxygen atoms in total. The van der Waals surface area contributed by atoms with E-state index in [-0.39, 0.29) is 5.82 Å². The van der Waals surface area contributed by atoms with Gasteiger partial charge in [-0.25, -0.2) is 5.48 Å². The maximum Gasteiger partial charge on any atom is 0.225 e. The van der Waals surface area contributed by atoms with Gasteiger partial charge in [-0.1, -0.05) is 53.5 Å². The maximum atomic E-state index is 11.5. The van der Waals surface area contributed by atoms with E-state index in [1.165, 1.54) is 0 Å². The summed E-state index contributed by atoms with van der Waals surface area (Å²) < 4.78 is 0. The summed E-state index contributed by atoms with van der Waals surface area (Å²) in [6.07, 6.45) is 0. The van der Waals surface area contributed by atoms with Gasteiger partial charge in [-0.05, 0) is 23.4 Å². The van der Waals surface area contributed by atoms with Crippen molar-refractivity contribution in [3.05, 3.63) is 72.2 Å². The van der Waals surface area contributed by atoms with Crippen molar-refractivity contribution < 1.29 is 10.2 Å². The van der Waals surface area contributed by atoms with Crippen LogP contribution in [0.3, 0.4) is 0 Å². The van der Waals surface area contributed by atoms with E-state index in [4.69, 9.17) is 10.7 Å². The van der Waals surface area contributed by atoms with Gasteiger partial charge in [-0.15, -0.1) is 0 Å². The lowest BCUT2D eigenvalue weighted by Gasteiger charge is -2.19. The van der Waals surface area contributed by atoms with Crippen LogP contribution < -0.4 is 16.4 Å². The number of rotatable bonds is 4. The van der Waals surface area contributed by atoms with E-state index in [0.717, 1.165) is 27.2 Å². The molecule has 0 spiro atoms. The molecule has 0 saturated heterocycles. The van der Waals surface area contributed by atoms with Gasteiger partial charge in [-0.3, -0.25) is 0 Å². The third kappa shape index (κ3) is 2.53. The number of quaternary nitrogens is 1. The lowest BCUT2D eigenvalue weighted by Crippen LogP contribution is -3.06. The number of hydrogen-bond donors (Lipinski definition) is 3. The summed E-state index contributed by atoms with van der Waals surface area (Å²) >= 11 is 0. The van der Waals surface area contributed by atoms with Crippen LogP contribution in [0.2, 0.25) is 0 Å². The molecule has 106 valence electrons. The van der Waals surface area contributed by atoms with Crippen LogP contribution >= 0.6 is 0 Å². The van der Waals surface area contributed by atoms with E-state index in [9.17, 15) is 5.21 Å². The molecule has 5 heteroatoms. The van der Waals surface area contributed by atoms with Gasteiger partial charge >= 0.3 is 0 Å². The summed E-state index contributed by atoms with van der Waals surface area (Å²) in [4.78, 5) is 4.99. The Morgan fingerprint density at radius 3 is 2.10 bits per heavy atom. The van der Waals surface area contributed by atoms with Crippen LogP contribution in [0.15, 0.2) is 67.0 Å². The van der Waals surface area contributed by atoms with Gasteiger partial charge in [0, 0.05) is 10.8 Å². The van der Waals surface area contributed by atoms with Gasteiger partial charge in [0.25, 0.3) is 0 Å². The van der Waals surface area contributed by atoms with Crippen molar-refractivity contribution in [2.45, 2.75) is 0 Å². The minimum atomic E-state index is -0.688. The number of hydroxylamine groups is 2. The molecular weight excluding hydrogens is 266 g/mol. The van der Waals surface area contributed by atoms with Gasteiger partial charge < -0.3 is 10.9 Å². The smallest absolute Gasteiger partial charge is 0.225 e. The van der Waals surface area contributed by atoms with Gasteiger partial charge in [0.05, 0.1) is 5.69 Å². The molecule has 0 fully saturated rings. The van der Waals surface area contributed by atoms with Crippen molar-refractivity contribution in [3.8, 4) is 0 Å². The first kappa shape index (κ1) is 13.4. The monoisotopic (exact) mass is 281 g/mol. The molecule has 0 aromatic heterocycles. The molecule has 0 radical (unpaired) electrons. The standard InChI is InChI=1S/C16H15N3O2/c1-11(17)19(20)21-18-16-14-8-4-2-6-12(14)10-13-7-3-5-9-15(13)16/h2-10,18-19H,1,17H2. The molecule has 1 atom stereocenters. The fourth-order valence-corrected chi connectivity index (χ4v) is 2.29. The predicted molar refractivity (Wildman–Crippen MR) is 83.8 cm³/mol. The summed E-state index contributed by atoms with van der Waals surface area (Å²) in [5.41, 5.74) is 8.77. The summed E-state index contributed by atoms with van der Waals surface area (Å²) in [6, 6.07) is 17.9. The SMILES string of the molecule is C=C(N)[NH+]([O-])ONc1c2ccccc2cc2ccccc12. The Morgan fingerprint density at radius 1 is 1.05 bits per heavy atom. The molecule has 3 rings (SSSR count). The first-order valence-corrected chi connectivity index (χ1v) is 6.49. The first-order valence-electron chi connectivity index (χ1n) is 6.49. The molecule has 0 bridgehead atoms. The zero-order chi connectivity index (χ0) is 14.8. The summed E-state index contributed by atoms with van der Waals surface area (Å²) in [7, 11) is 0. The van der Waals surface area contributed by atoms with Crippen LogP contribution in [0.4, 0.5) is 5.69 Å². The third-order valence-electron chi connectivity index (χ3n) is 3.28. The number of hydrogen-bond acceptors (Lipinski definition) is 4. The molecule has 0 aliphatic carbocycles. The molecule has 0 heterocycles. The normalized spacial score (nSPS) is 12.4. The molecule has 3 aromatic rings. The molecule has 1 unspecified atom stereocenters. The Labute approximate surface area is 121 Å². The number of nitrogens with two attached hydrogens (primary N) is 1. The van der Waals surface area contributed by atoms with Crippen LogP contribution in [0.5, 0.6) is 0 Å².